The van der Waals surface area contributed by atoms with E-state index in [-0.39, 0.29) is 22.9 Å². The van der Waals surface area contributed by atoms with Gasteiger partial charge in [-0.15, -0.1) is 0 Å². The van der Waals surface area contributed by atoms with Crippen LogP contribution in [0.25, 0.3) is 11.0 Å². The van der Waals surface area contributed by atoms with Gasteiger partial charge in [0.2, 0.25) is 5.95 Å². The minimum atomic E-state index is -0.244. The molecule has 3 aliphatic heterocycles. The molecule has 0 atom stereocenters. The number of carbonyl (C=O) groups excluding carboxylic acids is 1. The average molecular weight is 587 g/mol. The highest BCUT2D eigenvalue weighted by Crippen LogP contribution is 2.32. The summed E-state index contributed by atoms with van der Waals surface area (Å²) in [6.07, 6.45) is 9.94. The van der Waals surface area contributed by atoms with Gasteiger partial charge in [0.25, 0.3) is 5.56 Å². The Hall–Kier alpha value is -3.41. The van der Waals surface area contributed by atoms with E-state index >= 15 is 0 Å². The van der Waals surface area contributed by atoms with Gasteiger partial charge in [-0.05, 0) is 57.2 Å². The van der Waals surface area contributed by atoms with Gasteiger partial charge < -0.3 is 15.0 Å². The molecule has 228 valence electrons. The zero-order valence-corrected chi connectivity index (χ0v) is 25.3. The second kappa shape index (κ2) is 11.9. The summed E-state index contributed by atoms with van der Waals surface area (Å²) < 4.78 is 7.12. The molecule has 6 heterocycles. The van der Waals surface area contributed by atoms with Gasteiger partial charge in [-0.2, -0.15) is 4.98 Å². The first-order chi connectivity index (χ1) is 21.0. The molecule has 1 aliphatic carbocycles. The molecule has 11 heteroatoms. The normalized spacial score (nSPS) is 21.4. The smallest absolute Gasteiger partial charge is 0.263 e. The molecule has 3 aromatic heterocycles. The Bertz CT molecular complexity index is 1530. The lowest BCUT2D eigenvalue weighted by molar-refractivity contribution is -0.0803. The topological polar surface area (TPSA) is 109 Å². The summed E-state index contributed by atoms with van der Waals surface area (Å²) in [5.41, 5.74) is 2.35. The van der Waals surface area contributed by atoms with Crippen LogP contribution in [0.5, 0.6) is 0 Å². The SMILES string of the molecule is CC(=O)c1c(C)c2cnc(Nc3ccc(N4CCC(N5CCN(C6COC6)CC5)CC4)cn3)nc2n(C2CCCC2)c1=O. The summed E-state index contributed by atoms with van der Waals surface area (Å²) in [6, 6.07) is 5.42. The van der Waals surface area contributed by atoms with Crippen LogP contribution >= 0.6 is 0 Å². The molecule has 4 aliphatic rings. The predicted molar refractivity (Wildman–Crippen MR) is 167 cm³/mol. The summed E-state index contributed by atoms with van der Waals surface area (Å²) in [7, 11) is 0. The summed E-state index contributed by atoms with van der Waals surface area (Å²) in [4.78, 5) is 47.6. The number of aryl methyl sites for hydroxylation is 1. The monoisotopic (exact) mass is 586 g/mol. The van der Waals surface area contributed by atoms with Gasteiger partial charge in [0, 0.05) is 62.9 Å². The van der Waals surface area contributed by atoms with Crippen LogP contribution in [0.1, 0.15) is 67.4 Å². The maximum Gasteiger partial charge on any atom is 0.263 e. The van der Waals surface area contributed by atoms with E-state index in [0.29, 0.717) is 35.1 Å². The van der Waals surface area contributed by atoms with Crippen molar-refractivity contribution in [2.75, 3.05) is 62.7 Å². The zero-order chi connectivity index (χ0) is 29.5. The summed E-state index contributed by atoms with van der Waals surface area (Å²) in [5.74, 6) is 0.823. The zero-order valence-electron chi connectivity index (χ0n) is 25.3. The Morgan fingerprint density at radius 3 is 2.19 bits per heavy atom. The highest BCUT2D eigenvalue weighted by Gasteiger charge is 2.32. The molecule has 43 heavy (non-hydrogen) atoms. The lowest BCUT2D eigenvalue weighted by Crippen LogP contribution is -2.59. The number of carbonyl (C=O) groups is 1. The third-order valence-electron chi connectivity index (χ3n) is 10.1. The number of rotatable bonds is 7. The molecule has 0 spiro atoms. The predicted octanol–water partition coefficient (Wildman–Crippen LogP) is 3.54. The third-order valence-corrected chi connectivity index (χ3v) is 10.1. The lowest BCUT2D eigenvalue weighted by Gasteiger charge is -2.46. The van der Waals surface area contributed by atoms with Crippen molar-refractivity contribution in [1.82, 2.24) is 29.3 Å². The van der Waals surface area contributed by atoms with Gasteiger partial charge in [-0.25, -0.2) is 9.97 Å². The van der Waals surface area contributed by atoms with Gasteiger partial charge in [0.05, 0.1) is 36.7 Å². The van der Waals surface area contributed by atoms with Gasteiger partial charge >= 0.3 is 0 Å². The van der Waals surface area contributed by atoms with Crippen molar-refractivity contribution < 1.29 is 9.53 Å². The van der Waals surface area contributed by atoms with Crippen LogP contribution in [-0.4, -0.2) is 99.7 Å². The molecule has 1 saturated carbocycles. The van der Waals surface area contributed by atoms with E-state index in [0.717, 1.165) is 89.2 Å². The lowest BCUT2D eigenvalue weighted by atomic mass is 10.0. The first kappa shape index (κ1) is 28.4. The van der Waals surface area contributed by atoms with Crippen LogP contribution in [0, 0.1) is 6.92 Å². The minimum absolute atomic E-state index is 0.0463. The number of anilines is 3. The molecule has 1 N–H and O–H groups in total. The van der Waals surface area contributed by atoms with Crippen LogP contribution in [0.3, 0.4) is 0 Å². The Morgan fingerprint density at radius 2 is 1.58 bits per heavy atom. The van der Waals surface area contributed by atoms with Crippen LogP contribution < -0.4 is 15.8 Å². The van der Waals surface area contributed by atoms with Crippen LogP contribution in [0.4, 0.5) is 17.5 Å². The molecule has 0 amide bonds. The van der Waals surface area contributed by atoms with E-state index in [9.17, 15) is 9.59 Å². The van der Waals surface area contributed by atoms with Crippen molar-refractivity contribution >= 4 is 34.3 Å². The summed E-state index contributed by atoms with van der Waals surface area (Å²) in [6.45, 7) is 11.8. The standard InChI is InChI=1S/C32H42N8O3/c1-21-27-18-34-32(36-30(27)40(24-5-3-4-6-24)31(42)29(21)22(2)41)35-28-8-7-25(17-33-28)37-11-9-23(10-12-37)38-13-15-39(16-14-38)26-19-43-20-26/h7-8,17-18,23-24,26H,3-6,9-16,19-20H2,1-2H3,(H,33,34,35,36). The number of fused-ring (bicyclic) bond motifs is 1. The van der Waals surface area contributed by atoms with Crippen molar-refractivity contribution in [3.63, 3.8) is 0 Å². The van der Waals surface area contributed by atoms with Crippen LogP contribution in [-0.2, 0) is 4.74 Å². The Labute approximate surface area is 252 Å². The van der Waals surface area contributed by atoms with Crippen molar-refractivity contribution in [3.8, 4) is 0 Å². The van der Waals surface area contributed by atoms with E-state index in [1.807, 2.05) is 19.2 Å². The second-order valence-corrected chi connectivity index (χ2v) is 12.6. The fraction of sp³-hybridized carbons (Fsp3) is 0.594. The van der Waals surface area contributed by atoms with Gasteiger partial charge in [0.1, 0.15) is 11.5 Å². The molecule has 0 bridgehead atoms. The number of ketones is 1. The Balaban J connectivity index is 1.02. The number of Topliss-reactive ketones (excluding diaryl/α,β-unsaturated/α-hetero) is 1. The first-order valence-electron chi connectivity index (χ1n) is 15.9. The minimum Gasteiger partial charge on any atom is -0.378 e. The number of piperazine rings is 1. The number of ether oxygens (including phenoxy) is 1. The van der Waals surface area contributed by atoms with Crippen molar-refractivity contribution in [2.45, 2.75) is 70.5 Å². The van der Waals surface area contributed by atoms with E-state index in [4.69, 9.17) is 9.72 Å². The Morgan fingerprint density at radius 1 is 0.884 bits per heavy atom. The van der Waals surface area contributed by atoms with Gasteiger partial charge in [0.15, 0.2) is 5.78 Å². The Kier molecular flexibility index (Phi) is 7.87. The molecule has 7 rings (SSSR count). The maximum absolute atomic E-state index is 13.5. The van der Waals surface area contributed by atoms with E-state index in [2.05, 4.69) is 36.1 Å². The molecule has 0 aromatic carbocycles. The van der Waals surface area contributed by atoms with E-state index in [1.165, 1.54) is 19.8 Å². The first-order valence-corrected chi connectivity index (χ1v) is 15.9. The highest BCUT2D eigenvalue weighted by atomic mass is 16.5. The molecular weight excluding hydrogens is 544 g/mol. The number of nitrogens with one attached hydrogen (secondary N) is 1. The molecule has 4 fully saturated rings. The molecule has 0 unspecified atom stereocenters. The number of hydrogen-bond acceptors (Lipinski definition) is 10. The van der Waals surface area contributed by atoms with Crippen LogP contribution in [0.15, 0.2) is 29.3 Å². The number of piperidine rings is 1. The molecule has 0 radical (unpaired) electrons. The second-order valence-electron chi connectivity index (χ2n) is 12.6. The average Bonchev–Trinajstić information content (AvgIpc) is 3.52. The van der Waals surface area contributed by atoms with Crippen LogP contribution in [0.2, 0.25) is 0 Å². The number of hydrogen-bond donors (Lipinski definition) is 1. The molecule has 3 saturated heterocycles. The number of pyridine rings is 2. The van der Waals surface area contributed by atoms with Crippen molar-refractivity contribution in [3.05, 3.63) is 46.0 Å². The number of aromatic nitrogens is 4. The van der Waals surface area contributed by atoms with Gasteiger partial charge in [-0.3, -0.25) is 24.0 Å². The van der Waals surface area contributed by atoms with E-state index in [1.54, 1.807) is 10.8 Å². The maximum atomic E-state index is 13.5. The quantitative estimate of drug-likeness (QED) is 0.413. The van der Waals surface area contributed by atoms with Crippen molar-refractivity contribution in [2.24, 2.45) is 0 Å². The van der Waals surface area contributed by atoms with Crippen molar-refractivity contribution in [1.29, 1.82) is 0 Å². The fourth-order valence-electron chi connectivity index (χ4n) is 7.46. The van der Waals surface area contributed by atoms with Gasteiger partial charge in [-0.1, -0.05) is 12.8 Å². The largest absolute Gasteiger partial charge is 0.378 e. The van der Waals surface area contributed by atoms with E-state index < -0.39 is 0 Å². The summed E-state index contributed by atoms with van der Waals surface area (Å²) >= 11 is 0. The third kappa shape index (κ3) is 5.54. The molecule has 3 aromatic rings. The molecular formula is C32H42N8O3. The highest BCUT2D eigenvalue weighted by molar-refractivity contribution is 5.99. The molecule has 11 nitrogen and oxygen atoms in total. The number of nitrogens with zero attached hydrogens (tertiary/aromatic N) is 7. The fourth-order valence-corrected chi connectivity index (χ4v) is 7.46. The summed E-state index contributed by atoms with van der Waals surface area (Å²) in [5, 5.41) is 3.98.